The van der Waals surface area contributed by atoms with Gasteiger partial charge in [-0.3, -0.25) is 0 Å². The van der Waals surface area contributed by atoms with Crippen molar-refractivity contribution in [2.75, 3.05) is 6.61 Å². The van der Waals surface area contributed by atoms with Crippen molar-refractivity contribution in [3.8, 4) is 0 Å². The molecule has 6 fully saturated rings. The SMILES string of the molecule is C/C1=C\C(=O)OCC23CCC(C)(O)C4CC5(O)C(OC42)C(O)C(OC(=O)/C=C/C=C/C2OC(C1)OC2C)C53C. The number of allylic oxidation sites excluding steroid dienone is 2. The lowest BCUT2D eigenvalue weighted by atomic mass is 9.40. The molecule has 3 N–H and O–H groups in total. The Balaban J connectivity index is 1.41. The Morgan fingerprint density at radius 1 is 0.974 bits per heavy atom. The summed E-state index contributed by atoms with van der Waals surface area (Å²) in [5.74, 6) is -1.70. The van der Waals surface area contributed by atoms with Crippen LogP contribution in [-0.4, -0.2) is 88.0 Å². The summed E-state index contributed by atoms with van der Waals surface area (Å²) in [7, 11) is 0. The predicted octanol–water partition coefficient (Wildman–Crippen LogP) is 1.46. The lowest BCUT2D eigenvalue weighted by Crippen LogP contribution is -2.80. The van der Waals surface area contributed by atoms with Gasteiger partial charge in [0, 0.05) is 29.9 Å². The Morgan fingerprint density at radius 3 is 2.51 bits per heavy atom. The lowest BCUT2D eigenvalue weighted by molar-refractivity contribution is -0.378. The third-order valence-corrected chi connectivity index (χ3v) is 10.6. The highest BCUT2D eigenvalue weighted by molar-refractivity contribution is 5.83. The highest BCUT2D eigenvalue weighted by Gasteiger charge is 2.86. The van der Waals surface area contributed by atoms with Gasteiger partial charge in [0.05, 0.1) is 23.2 Å². The van der Waals surface area contributed by atoms with E-state index in [0.717, 1.165) is 5.57 Å². The molecule has 0 aromatic heterocycles. The minimum absolute atomic E-state index is 0.132. The Bertz CT molecular complexity index is 1140. The van der Waals surface area contributed by atoms with Crippen LogP contribution in [0.4, 0.5) is 0 Å². The van der Waals surface area contributed by atoms with Crippen LogP contribution in [0, 0.1) is 16.7 Å². The van der Waals surface area contributed by atoms with Gasteiger partial charge in [0.2, 0.25) is 0 Å². The quantitative estimate of drug-likeness (QED) is 0.383. The van der Waals surface area contributed by atoms with Gasteiger partial charge in [-0.15, -0.1) is 0 Å². The molecule has 0 amide bonds. The van der Waals surface area contributed by atoms with Crippen molar-refractivity contribution in [1.82, 2.24) is 0 Å². The van der Waals surface area contributed by atoms with Crippen LogP contribution in [0.15, 0.2) is 36.0 Å². The largest absolute Gasteiger partial charge is 0.462 e. The average molecular weight is 547 g/mol. The van der Waals surface area contributed by atoms with Gasteiger partial charge >= 0.3 is 11.9 Å². The molecular weight excluding hydrogens is 508 g/mol. The third-order valence-electron chi connectivity index (χ3n) is 10.6. The number of hydrogen-bond donors (Lipinski definition) is 3. The van der Waals surface area contributed by atoms with Crippen molar-refractivity contribution < 1.29 is 48.6 Å². The summed E-state index contributed by atoms with van der Waals surface area (Å²) in [4.78, 5) is 26.0. The molecular formula is C29H38O10. The highest BCUT2D eigenvalue weighted by Crippen LogP contribution is 2.74. The standard InChI is InChI=1S/C29H38O10/c1-15-11-20(31)35-14-28-10-9-26(3,33)17-13-29(34)25(39-23(17)28)22(32)24(27(28,29)4)38-19(30)8-6-5-7-18-16(2)36-21(12-15)37-18/h5-8,11,16-18,21-25,32-34H,9-10,12-14H2,1-4H3/b7-5+,8-6+,15-11+. The molecule has 214 valence electrons. The number of aliphatic hydroxyl groups excluding tert-OH is 1. The summed E-state index contributed by atoms with van der Waals surface area (Å²) in [6.45, 7) is 7.08. The number of cyclic esters (lactones) is 1. The molecule has 3 aliphatic carbocycles. The van der Waals surface area contributed by atoms with Crippen molar-refractivity contribution in [2.24, 2.45) is 16.7 Å². The second-order valence-corrected chi connectivity index (χ2v) is 12.7. The third kappa shape index (κ3) is 3.75. The summed E-state index contributed by atoms with van der Waals surface area (Å²) in [5.41, 5.74) is -4.23. The molecule has 39 heavy (non-hydrogen) atoms. The molecule has 7 rings (SSSR count). The Hall–Kier alpha value is -2.08. The molecule has 3 saturated carbocycles. The number of carbonyl (C=O) groups is 2. The number of aliphatic hydroxyl groups is 3. The first kappa shape index (κ1) is 27.1. The van der Waals surface area contributed by atoms with E-state index < -0.39 is 70.6 Å². The van der Waals surface area contributed by atoms with Gasteiger partial charge in [0.1, 0.15) is 36.6 Å². The molecule has 0 radical (unpaired) electrons. The first-order chi connectivity index (χ1) is 18.3. The van der Waals surface area contributed by atoms with Crippen LogP contribution in [0.3, 0.4) is 0 Å². The molecule has 4 heterocycles. The van der Waals surface area contributed by atoms with Crippen molar-refractivity contribution in [3.05, 3.63) is 36.0 Å². The van der Waals surface area contributed by atoms with Crippen LogP contribution < -0.4 is 0 Å². The van der Waals surface area contributed by atoms with Crippen LogP contribution in [0.1, 0.15) is 53.4 Å². The average Bonchev–Trinajstić information content (AvgIpc) is 3.25. The minimum atomic E-state index is -1.62. The zero-order chi connectivity index (χ0) is 28.0. The topological polar surface area (TPSA) is 141 Å². The zero-order valence-corrected chi connectivity index (χ0v) is 22.7. The summed E-state index contributed by atoms with van der Waals surface area (Å²) in [5, 5.41) is 34.8. The number of ether oxygens (including phenoxy) is 5. The van der Waals surface area contributed by atoms with E-state index in [1.165, 1.54) is 12.2 Å². The van der Waals surface area contributed by atoms with E-state index >= 15 is 0 Å². The fourth-order valence-corrected chi connectivity index (χ4v) is 8.34. The second kappa shape index (κ2) is 8.96. The van der Waals surface area contributed by atoms with E-state index in [1.807, 2.05) is 6.92 Å². The fraction of sp³-hybridized carbons (Fsp3) is 0.724. The van der Waals surface area contributed by atoms with E-state index in [-0.39, 0.29) is 25.2 Å². The van der Waals surface area contributed by atoms with Gasteiger partial charge in [-0.05, 0) is 40.0 Å². The zero-order valence-electron chi connectivity index (χ0n) is 22.7. The van der Waals surface area contributed by atoms with E-state index in [0.29, 0.717) is 19.3 Å². The van der Waals surface area contributed by atoms with Crippen molar-refractivity contribution in [2.45, 2.75) is 107 Å². The fourth-order valence-electron chi connectivity index (χ4n) is 8.34. The van der Waals surface area contributed by atoms with Gasteiger partial charge in [-0.2, -0.15) is 0 Å². The number of hydrogen-bond acceptors (Lipinski definition) is 10. The van der Waals surface area contributed by atoms with Gasteiger partial charge in [-0.1, -0.05) is 30.7 Å². The van der Waals surface area contributed by atoms with Crippen molar-refractivity contribution >= 4 is 11.9 Å². The summed E-state index contributed by atoms with van der Waals surface area (Å²) in [6.07, 6.45) is 3.79. The normalized spacial score (nSPS) is 56.0. The molecule has 1 spiro atoms. The molecule has 0 aromatic carbocycles. The molecule has 10 heteroatoms. The van der Waals surface area contributed by atoms with E-state index in [9.17, 15) is 24.9 Å². The number of rotatable bonds is 0. The van der Waals surface area contributed by atoms with E-state index in [2.05, 4.69) is 0 Å². The van der Waals surface area contributed by atoms with Crippen LogP contribution in [0.25, 0.3) is 0 Å². The second-order valence-electron chi connectivity index (χ2n) is 12.7. The molecule has 12 unspecified atom stereocenters. The van der Waals surface area contributed by atoms with Crippen LogP contribution >= 0.6 is 0 Å². The van der Waals surface area contributed by atoms with Crippen LogP contribution in [0.5, 0.6) is 0 Å². The van der Waals surface area contributed by atoms with Gasteiger partial charge in [0.15, 0.2) is 6.29 Å². The molecule has 7 aliphatic rings. The van der Waals surface area contributed by atoms with E-state index in [4.69, 9.17) is 23.7 Å². The molecule has 3 saturated heterocycles. The molecule has 0 aromatic rings. The van der Waals surface area contributed by atoms with Gasteiger partial charge in [0.25, 0.3) is 0 Å². The Morgan fingerprint density at radius 2 is 1.74 bits per heavy atom. The minimum Gasteiger partial charge on any atom is -0.462 e. The Labute approximate surface area is 227 Å². The van der Waals surface area contributed by atoms with E-state index in [1.54, 1.807) is 39.0 Å². The molecule has 8 bridgehead atoms. The first-order valence-electron chi connectivity index (χ1n) is 13.8. The first-order valence-corrected chi connectivity index (χ1v) is 13.8. The lowest BCUT2D eigenvalue weighted by Gasteiger charge is -2.71. The number of fused-ring (bicyclic) bond motifs is 2. The Kier molecular flexibility index (Phi) is 6.23. The molecule has 10 nitrogen and oxygen atoms in total. The highest BCUT2D eigenvalue weighted by atomic mass is 16.7. The van der Waals surface area contributed by atoms with Crippen LogP contribution in [-0.2, 0) is 33.3 Å². The maximum atomic E-state index is 13.0. The van der Waals surface area contributed by atoms with Crippen LogP contribution in [0.2, 0.25) is 0 Å². The van der Waals surface area contributed by atoms with Crippen molar-refractivity contribution in [1.29, 1.82) is 0 Å². The van der Waals surface area contributed by atoms with Gasteiger partial charge in [-0.25, -0.2) is 9.59 Å². The summed E-state index contributed by atoms with van der Waals surface area (Å²) < 4.78 is 29.9. The summed E-state index contributed by atoms with van der Waals surface area (Å²) in [6, 6.07) is 0. The smallest absolute Gasteiger partial charge is 0.331 e. The predicted molar refractivity (Wildman–Crippen MR) is 135 cm³/mol. The number of esters is 2. The maximum absolute atomic E-state index is 13.0. The van der Waals surface area contributed by atoms with Crippen molar-refractivity contribution in [3.63, 3.8) is 0 Å². The molecule has 12 atom stereocenters. The van der Waals surface area contributed by atoms with Gasteiger partial charge < -0.3 is 39.0 Å². The molecule has 4 aliphatic heterocycles. The number of carbonyl (C=O) groups excluding carboxylic acids is 2. The maximum Gasteiger partial charge on any atom is 0.331 e. The monoisotopic (exact) mass is 546 g/mol. The summed E-state index contributed by atoms with van der Waals surface area (Å²) >= 11 is 0.